The van der Waals surface area contributed by atoms with E-state index in [9.17, 15) is 4.79 Å². The maximum atomic E-state index is 11.2. The summed E-state index contributed by atoms with van der Waals surface area (Å²) < 4.78 is 1.93. The molecule has 0 amide bonds. The van der Waals surface area contributed by atoms with Gasteiger partial charge < -0.3 is 0 Å². The average Bonchev–Trinajstić information content (AvgIpc) is 2.47. The molecule has 1 rings (SSSR count). The van der Waals surface area contributed by atoms with E-state index >= 15 is 0 Å². The second-order valence-electron chi connectivity index (χ2n) is 4.20. The van der Waals surface area contributed by atoms with E-state index in [-0.39, 0.29) is 5.78 Å². The summed E-state index contributed by atoms with van der Waals surface area (Å²) in [7, 11) is 0. The summed E-state index contributed by atoms with van der Waals surface area (Å²) in [4.78, 5) is 11.2. The van der Waals surface area contributed by atoms with Crippen LogP contribution in [0.3, 0.4) is 0 Å². The number of nitrogens with zero attached hydrogens (tertiary/aromatic N) is 2. The summed E-state index contributed by atoms with van der Waals surface area (Å²) in [6, 6.07) is 2.20. The molecule has 3 heteroatoms. The van der Waals surface area contributed by atoms with Gasteiger partial charge in [-0.15, -0.1) is 0 Å². The van der Waals surface area contributed by atoms with E-state index in [1.165, 1.54) is 0 Å². The fourth-order valence-electron chi connectivity index (χ4n) is 1.43. The Hall–Kier alpha value is -1.12. The fourth-order valence-corrected chi connectivity index (χ4v) is 1.43. The van der Waals surface area contributed by atoms with Crippen LogP contribution >= 0.6 is 0 Å². The summed E-state index contributed by atoms with van der Waals surface area (Å²) in [5.41, 5.74) is 1.70. The Bertz CT molecular complexity index is 312. The molecular formula is C11H18N2O. The Labute approximate surface area is 85.1 Å². The first-order chi connectivity index (χ1) is 6.43. The van der Waals surface area contributed by atoms with Crippen LogP contribution in [0.2, 0.25) is 0 Å². The normalized spacial score (nSPS) is 11.4. The smallest absolute Gasteiger partial charge is 0.179 e. The van der Waals surface area contributed by atoms with Gasteiger partial charge in [0.1, 0.15) is 5.69 Å². The number of hydrogen-bond donors (Lipinski definition) is 0. The molecule has 0 atom stereocenters. The summed E-state index contributed by atoms with van der Waals surface area (Å²) in [6.45, 7) is 9.92. The highest BCUT2D eigenvalue weighted by molar-refractivity contribution is 5.92. The van der Waals surface area contributed by atoms with Crippen LogP contribution in [-0.4, -0.2) is 15.6 Å². The fraction of sp³-hybridized carbons (Fsp3) is 0.636. The Balaban J connectivity index is 3.19. The minimum absolute atomic E-state index is 0.0336. The molecule has 1 heterocycles. The lowest BCUT2D eigenvalue weighted by atomic mass is 10.1. The lowest BCUT2D eigenvalue weighted by Crippen LogP contribution is -2.09. The van der Waals surface area contributed by atoms with Gasteiger partial charge in [0.2, 0.25) is 0 Å². The van der Waals surface area contributed by atoms with Crippen molar-refractivity contribution in [1.82, 2.24) is 9.78 Å². The lowest BCUT2D eigenvalue weighted by Gasteiger charge is -2.12. The lowest BCUT2D eigenvalue weighted by molar-refractivity contribution is 0.101. The first-order valence-corrected chi connectivity index (χ1v) is 5.03. The number of rotatable bonds is 3. The van der Waals surface area contributed by atoms with Gasteiger partial charge >= 0.3 is 0 Å². The highest BCUT2D eigenvalue weighted by atomic mass is 16.1. The number of carbonyl (C=O) groups is 1. The van der Waals surface area contributed by atoms with Gasteiger partial charge in [0.15, 0.2) is 5.78 Å². The van der Waals surface area contributed by atoms with Crippen molar-refractivity contribution < 1.29 is 4.79 Å². The van der Waals surface area contributed by atoms with Crippen molar-refractivity contribution in [2.24, 2.45) is 0 Å². The maximum Gasteiger partial charge on any atom is 0.179 e. The summed E-state index contributed by atoms with van der Waals surface area (Å²) in [5, 5.41) is 4.30. The molecule has 3 nitrogen and oxygen atoms in total. The molecule has 0 fully saturated rings. The number of carbonyl (C=O) groups excluding carboxylic acids is 1. The van der Waals surface area contributed by atoms with Gasteiger partial charge in [0, 0.05) is 18.7 Å². The van der Waals surface area contributed by atoms with E-state index in [1.807, 2.05) is 10.7 Å². The van der Waals surface area contributed by atoms with Gasteiger partial charge in [-0.3, -0.25) is 9.48 Å². The zero-order valence-corrected chi connectivity index (χ0v) is 9.53. The number of ketones is 1. The third-order valence-electron chi connectivity index (χ3n) is 2.21. The van der Waals surface area contributed by atoms with Crippen LogP contribution in [0.15, 0.2) is 6.07 Å². The van der Waals surface area contributed by atoms with Crippen LogP contribution in [-0.2, 0) is 0 Å². The topological polar surface area (TPSA) is 34.9 Å². The van der Waals surface area contributed by atoms with Crippen molar-refractivity contribution in [3.05, 3.63) is 17.5 Å². The maximum absolute atomic E-state index is 11.2. The van der Waals surface area contributed by atoms with E-state index in [2.05, 4.69) is 32.8 Å². The third kappa shape index (κ3) is 2.03. The van der Waals surface area contributed by atoms with Crippen LogP contribution in [0, 0.1) is 0 Å². The summed E-state index contributed by atoms with van der Waals surface area (Å²) in [5.74, 6) is 0.435. The van der Waals surface area contributed by atoms with E-state index in [0.29, 0.717) is 17.7 Å². The molecule has 0 spiro atoms. The second kappa shape index (κ2) is 3.95. The Kier molecular flexibility index (Phi) is 3.09. The van der Waals surface area contributed by atoms with Crippen molar-refractivity contribution in [2.45, 2.75) is 46.6 Å². The number of aromatic nitrogens is 2. The number of Topliss-reactive ketones (excluding diaryl/α,β-unsaturated/α-hetero) is 1. The molecule has 0 bridgehead atoms. The zero-order valence-electron chi connectivity index (χ0n) is 9.53. The molecular weight excluding hydrogens is 176 g/mol. The van der Waals surface area contributed by atoms with Crippen molar-refractivity contribution in [3.63, 3.8) is 0 Å². The minimum Gasteiger partial charge on any atom is -0.293 e. The van der Waals surface area contributed by atoms with Crippen LogP contribution in [0.25, 0.3) is 0 Å². The van der Waals surface area contributed by atoms with Gasteiger partial charge in [-0.25, -0.2) is 0 Å². The predicted octanol–water partition coefficient (Wildman–Crippen LogP) is 2.79. The van der Waals surface area contributed by atoms with Crippen LogP contribution in [0.4, 0.5) is 0 Å². The molecule has 0 aromatic carbocycles. The van der Waals surface area contributed by atoms with Gasteiger partial charge in [0.25, 0.3) is 0 Å². The molecule has 0 saturated carbocycles. The van der Waals surface area contributed by atoms with E-state index in [0.717, 1.165) is 5.69 Å². The molecule has 0 aliphatic rings. The first-order valence-electron chi connectivity index (χ1n) is 5.03. The number of hydrogen-bond acceptors (Lipinski definition) is 2. The van der Waals surface area contributed by atoms with Crippen LogP contribution in [0.1, 0.15) is 62.8 Å². The Morgan fingerprint density at radius 2 is 1.93 bits per heavy atom. The van der Waals surface area contributed by atoms with Gasteiger partial charge in [-0.2, -0.15) is 5.10 Å². The zero-order chi connectivity index (χ0) is 10.9. The summed E-state index contributed by atoms with van der Waals surface area (Å²) >= 11 is 0. The molecule has 78 valence electrons. The molecule has 0 N–H and O–H groups in total. The monoisotopic (exact) mass is 194 g/mol. The van der Waals surface area contributed by atoms with E-state index < -0.39 is 0 Å². The molecule has 1 aromatic heterocycles. The molecule has 14 heavy (non-hydrogen) atoms. The van der Waals surface area contributed by atoms with Crippen LogP contribution < -0.4 is 0 Å². The van der Waals surface area contributed by atoms with Gasteiger partial charge in [0.05, 0.1) is 0 Å². The molecule has 0 aliphatic heterocycles. The summed E-state index contributed by atoms with van der Waals surface area (Å²) in [6.07, 6.45) is 0. The predicted molar refractivity (Wildman–Crippen MR) is 56.7 cm³/mol. The largest absolute Gasteiger partial charge is 0.293 e. The highest BCUT2D eigenvalue weighted by Gasteiger charge is 2.14. The Morgan fingerprint density at radius 3 is 2.21 bits per heavy atom. The van der Waals surface area contributed by atoms with Crippen molar-refractivity contribution in [3.8, 4) is 0 Å². The molecule has 0 aliphatic carbocycles. The van der Waals surface area contributed by atoms with Crippen molar-refractivity contribution in [1.29, 1.82) is 0 Å². The molecule has 0 saturated heterocycles. The first kappa shape index (κ1) is 11.0. The SMILES string of the molecule is CC(=O)c1cc(C(C)C)n(C(C)C)n1. The third-order valence-corrected chi connectivity index (χ3v) is 2.21. The molecule has 1 aromatic rings. The van der Waals surface area contributed by atoms with E-state index in [1.54, 1.807) is 6.92 Å². The molecule has 0 radical (unpaired) electrons. The quantitative estimate of drug-likeness (QED) is 0.693. The van der Waals surface area contributed by atoms with Crippen molar-refractivity contribution >= 4 is 5.78 Å². The standard InChI is InChI=1S/C11H18N2O/c1-7(2)11-6-10(9(5)14)12-13(11)8(3)4/h6-8H,1-5H3. The van der Waals surface area contributed by atoms with Gasteiger partial charge in [-0.1, -0.05) is 13.8 Å². The van der Waals surface area contributed by atoms with Gasteiger partial charge in [-0.05, 0) is 25.8 Å². The Morgan fingerprint density at radius 1 is 1.36 bits per heavy atom. The minimum atomic E-state index is 0.0336. The highest BCUT2D eigenvalue weighted by Crippen LogP contribution is 2.19. The second-order valence-corrected chi connectivity index (χ2v) is 4.20. The van der Waals surface area contributed by atoms with E-state index in [4.69, 9.17) is 0 Å². The molecule has 0 unspecified atom stereocenters. The van der Waals surface area contributed by atoms with Crippen LogP contribution in [0.5, 0.6) is 0 Å². The van der Waals surface area contributed by atoms with Crippen molar-refractivity contribution in [2.75, 3.05) is 0 Å². The average molecular weight is 194 g/mol.